The van der Waals surface area contributed by atoms with E-state index in [2.05, 4.69) is 13.8 Å². The average molecular weight is 486 g/mol. The Morgan fingerprint density at radius 2 is 1.53 bits per heavy atom. The van der Waals surface area contributed by atoms with Gasteiger partial charge in [-0.15, -0.1) is 0 Å². The zero-order valence-electron chi connectivity index (χ0n) is 21.0. The maximum atomic E-state index is 13.4. The molecule has 0 bridgehead atoms. The quantitative estimate of drug-likeness (QED) is 0.232. The Labute approximate surface area is 211 Å². The van der Waals surface area contributed by atoms with Crippen molar-refractivity contribution < 1.29 is 24.2 Å². The summed E-state index contributed by atoms with van der Waals surface area (Å²) in [6, 6.07) is 20.9. The van der Waals surface area contributed by atoms with Crippen molar-refractivity contribution in [2.75, 3.05) is 18.1 Å². The van der Waals surface area contributed by atoms with E-state index in [1.807, 2.05) is 38.1 Å². The number of ether oxygens (including phenoxy) is 2. The van der Waals surface area contributed by atoms with Gasteiger partial charge in [0.25, 0.3) is 11.7 Å². The molecule has 1 aliphatic rings. The van der Waals surface area contributed by atoms with Crippen molar-refractivity contribution >= 4 is 23.1 Å². The van der Waals surface area contributed by atoms with Crippen LogP contribution in [-0.2, 0) is 9.59 Å². The van der Waals surface area contributed by atoms with Gasteiger partial charge in [0.15, 0.2) is 0 Å². The van der Waals surface area contributed by atoms with Crippen molar-refractivity contribution in [1.29, 1.82) is 0 Å². The normalized spacial score (nSPS) is 17.0. The van der Waals surface area contributed by atoms with Crippen molar-refractivity contribution in [3.05, 3.63) is 95.1 Å². The van der Waals surface area contributed by atoms with Crippen LogP contribution in [0.3, 0.4) is 0 Å². The number of aliphatic hydroxyl groups is 1. The molecule has 4 rings (SSSR count). The van der Waals surface area contributed by atoms with Crippen LogP contribution in [0.1, 0.15) is 56.3 Å². The summed E-state index contributed by atoms with van der Waals surface area (Å²) in [6.07, 6.45) is 0. The highest BCUT2D eigenvalue weighted by Crippen LogP contribution is 2.43. The van der Waals surface area contributed by atoms with Gasteiger partial charge in [0.1, 0.15) is 17.3 Å². The smallest absolute Gasteiger partial charge is 0.300 e. The fourth-order valence-electron chi connectivity index (χ4n) is 4.40. The van der Waals surface area contributed by atoms with Gasteiger partial charge in [-0.25, -0.2) is 0 Å². The number of benzene rings is 3. The molecule has 6 nitrogen and oxygen atoms in total. The molecule has 1 amide bonds. The van der Waals surface area contributed by atoms with Gasteiger partial charge in [0, 0.05) is 11.3 Å². The Bertz CT molecular complexity index is 1280. The number of ketones is 1. The lowest BCUT2D eigenvalue weighted by Gasteiger charge is -2.26. The summed E-state index contributed by atoms with van der Waals surface area (Å²) in [5.74, 6) is -0.0941. The molecular formula is C30H31NO5. The minimum Gasteiger partial charge on any atom is -0.507 e. The van der Waals surface area contributed by atoms with Crippen LogP contribution in [0.15, 0.2) is 78.4 Å². The molecule has 0 radical (unpaired) electrons. The van der Waals surface area contributed by atoms with E-state index in [0.29, 0.717) is 41.9 Å². The van der Waals surface area contributed by atoms with Crippen molar-refractivity contribution in [3.63, 3.8) is 0 Å². The lowest BCUT2D eigenvalue weighted by atomic mass is 9.93. The Kier molecular flexibility index (Phi) is 7.44. The number of amides is 1. The number of nitrogens with zero attached hydrogens (tertiary/aromatic N) is 1. The second-order valence-corrected chi connectivity index (χ2v) is 8.88. The van der Waals surface area contributed by atoms with Gasteiger partial charge in [-0.2, -0.15) is 0 Å². The minimum atomic E-state index is -0.792. The largest absolute Gasteiger partial charge is 0.507 e. The molecule has 0 aliphatic carbocycles. The molecule has 1 saturated heterocycles. The van der Waals surface area contributed by atoms with E-state index >= 15 is 0 Å². The van der Waals surface area contributed by atoms with Gasteiger partial charge >= 0.3 is 0 Å². The first-order valence-corrected chi connectivity index (χ1v) is 12.2. The molecule has 3 aromatic rings. The zero-order valence-corrected chi connectivity index (χ0v) is 21.0. The molecule has 3 aromatic carbocycles. The number of carbonyl (C=O) groups excluding carboxylic acids is 2. The highest BCUT2D eigenvalue weighted by Gasteiger charge is 2.47. The van der Waals surface area contributed by atoms with Crippen LogP contribution in [0.2, 0.25) is 0 Å². The third-order valence-corrected chi connectivity index (χ3v) is 6.21. The Hall–Kier alpha value is -4.06. The topological polar surface area (TPSA) is 76.1 Å². The van der Waals surface area contributed by atoms with E-state index in [1.165, 1.54) is 4.90 Å². The average Bonchev–Trinajstić information content (AvgIpc) is 3.15. The Morgan fingerprint density at radius 3 is 2.14 bits per heavy atom. The van der Waals surface area contributed by atoms with E-state index in [0.717, 1.165) is 11.1 Å². The number of aliphatic hydroxyl groups excluding tert-OH is 1. The molecule has 0 spiro atoms. The molecule has 0 saturated carbocycles. The van der Waals surface area contributed by atoms with Gasteiger partial charge in [-0.1, -0.05) is 50.2 Å². The molecule has 1 aliphatic heterocycles. The molecule has 1 unspecified atom stereocenters. The summed E-state index contributed by atoms with van der Waals surface area (Å²) in [4.78, 5) is 28.2. The number of hydrogen-bond acceptors (Lipinski definition) is 5. The molecule has 0 aromatic heterocycles. The summed E-state index contributed by atoms with van der Waals surface area (Å²) in [6.45, 7) is 8.96. The van der Waals surface area contributed by atoms with Crippen LogP contribution < -0.4 is 14.4 Å². The lowest BCUT2D eigenvalue weighted by molar-refractivity contribution is -0.132. The van der Waals surface area contributed by atoms with Gasteiger partial charge in [0.2, 0.25) is 0 Å². The predicted octanol–water partition coefficient (Wildman–Crippen LogP) is 6.23. The number of anilines is 1. The highest BCUT2D eigenvalue weighted by atomic mass is 16.5. The Balaban J connectivity index is 1.87. The van der Waals surface area contributed by atoms with Crippen LogP contribution in [0, 0.1) is 0 Å². The maximum absolute atomic E-state index is 13.4. The third-order valence-electron chi connectivity index (χ3n) is 6.21. The molecule has 6 heteroatoms. The first kappa shape index (κ1) is 25.0. The first-order valence-electron chi connectivity index (χ1n) is 12.2. The summed E-state index contributed by atoms with van der Waals surface area (Å²) >= 11 is 0. The SMILES string of the molecule is CCOc1ccc(N2C(=O)C(=O)/C(=C(\O)c3cccc(OCC)c3)C2c2ccc(C(C)C)cc2)cc1. The monoisotopic (exact) mass is 485 g/mol. The fourth-order valence-corrected chi connectivity index (χ4v) is 4.40. The van der Waals surface area contributed by atoms with Crippen molar-refractivity contribution in [3.8, 4) is 11.5 Å². The van der Waals surface area contributed by atoms with E-state index in [9.17, 15) is 14.7 Å². The second-order valence-electron chi connectivity index (χ2n) is 8.88. The minimum absolute atomic E-state index is 0.0415. The molecule has 186 valence electrons. The molecule has 1 heterocycles. The molecule has 36 heavy (non-hydrogen) atoms. The summed E-state index contributed by atoms with van der Waals surface area (Å²) in [7, 11) is 0. The zero-order chi connectivity index (χ0) is 25.8. The Morgan fingerprint density at radius 1 is 0.889 bits per heavy atom. The molecule has 1 fully saturated rings. The molecule has 1 atom stereocenters. The van der Waals surface area contributed by atoms with Gasteiger partial charge < -0.3 is 14.6 Å². The van der Waals surface area contributed by atoms with Crippen molar-refractivity contribution in [2.24, 2.45) is 0 Å². The fraction of sp³-hybridized carbons (Fsp3) is 0.267. The van der Waals surface area contributed by atoms with E-state index in [-0.39, 0.29) is 11.3 Å². The summed E-state index contributed by atoms with van der Waals surface area (Å²) in [5.41, 5.74) is 2.87. The van der Waals surface area contributed by atoms with E-state index in [1.54, 1.807) is 48.5 Å². The highest BCUT2D eigenvalue weighted by molar-refractivity contribution is 6.51. The number of Topliss-reactive ketones (excluding diaryl/α,β-unsaturated/α-hetero) is 1. The van der Waals surface area contributed by atoms with Gasteiger partial charge in [-0.3, -0.25) is 14.5 Å². The van der Waals surface area contributed by atoms with Gasteiger partial charge in [-0.05, 0) is 67.3 Å². The summed E-state index contributed by atoms with van der Waals surface area (Å²) in [5, 5.41) is 11.4. The molecular weight excluding hydrogens is 454 g/mol. The van der Waals surface area contributed by atoms with E-state index < -0.39 is 17.7 Å². The van der Waals surface area contributed by atoms with Crippen LogP contribution in [-0.4, -0.2) is 30.0 Å². The standard InChI is InChI=1S/C30H31NO5/c1-5-35-24-16-14-23(15-17-24)31-27(21-12-10-20(11-13-21)19(3)4)26(29(33)30(31)34)28(32)22-8-7-9-25(18-22)36-6-2/h7-19,27,32H,5-6H2,1-4H3/b28-26-. The van der Waals surface area contributed by atoms with Crippen molar-refractivity contribution in [2.45, 2.75) is 39.7 Å². The van der Waals surface area contributed by atoms with Crippen LogP contribution in [0.4, 0.5) is 5.69 Å². The summed E-state index contributed by atoms with van der Waals surface area (Å²) < 4.78 is 11.1. The lowest BCUT2D eigenvalue weighted by Crippen LogP contribution is -2.29. The molecule has 1 N–H and O–H groups in total. The number of hydrogen-bond donors (Lipinski definition) is 1. The third kappa shape index (κ3) is 4.85. The first-order chi connectivity index (χ1) is 17.3. The predicted molar refractivity (Wildman–Crippen MR) is 141 cm³/mol. The van der Waals surface area contributed by atoms with Crippen LogP contribution in [0.25, 0.3) is 5.76 Å². The van der Waals surface area contributed by atoms with Crippen LogP contribution in [0.5, 0.6) is 11.5 Å². The van der Waals surface area contributed by atoms with Crippen molar-refractivity contribution in [1.82, 2.24) is 0 Å². The second kappa shape index (κ2) is 10.7. The number of carbonyl (C=O) groups is 2. The number of rotatable bonds is 8. The van der Waals surface area contributed by atoms with Gasteiger partial charge in [0.05, 0.1) is 24.8 Å². The van der Waals surface area contributed by atoms with E-state index in [4.69, 9.17) is 9.47 Å². The van der Waals surface area contributed by atoms with Crippen LogP contribution >= 0.6 is 0 Å². The maximum Gasteiger partial charge on any atom is 0.300 e.